The zero-order valence-electron chi connectivity index (χ0n) is 16.3. The average Bonchev–Trinajstić information content (AvgIpc) is 3.51. The van der Waals surface area contributed by atoms with Gasteiger partial charge >= 0.3 is 5.97 Å². The van der Waals surface area contributed by atoms with E-state index in [1.807, 2.05) is 18.2 Å². The molecular formula is C21H24N2O5S. The zero-order valence-corrected chi connectivity index (χ0v) is 17.2. The van der Waals surface area contributed by atoms with Crippen molar-refractivity contribution in [2.75, 3.05) is 7.11 Å². The van der Waals surface area contributed by atoms with E-state index in [1.165, 1.54) is 19.2 Å². The Morgan fingerprint density at radius 1 is 1.14 bits per heavy atom. The first-order chi connectivity index (χ1) is 13.8. The fraction of sp³-hybridized carbons (Fsp3) is 0.333. The first kappa shape index (κ1) is 21.0. The van der Waals surface area contributed by atoms with Crippen LogP contribution in [0.1, 0.15) is 46.8 Å². The van der Waals surface area contributed by atoms with Crippen LogP contribution in [0.25, 0.3) is 0 Å². The van der Waals surface area contributed by atoms with Gasteiger partial charge in [0.1, 0.15) is 0 Å². The van der Waals surface area contributed by atoms with Crippen LogP contribution in [0.5, 0.6) is 0 Å². The fourth-order valence-corrected chi connectivity index (χ4v) is 4.26. The number of esters is 1. The van der Waals surface area contributed by atoms with E-state index in [0.29, 0.717) is 5.56 Å². The van der Waals surface area contributed by atoms with Gasteiger partial charge in [0.25, 0.3) is 5.91 Å². The van der Waals surface area contributed by atoms with Gasteiger partial charge in [0.2, 0.25) is 10.0 Å². The van der Waals surface area contributed by atoms with Gasteiger partial charge in [0, 0.05) is 11.6 Å². The lowest BCUT2D eigenvalue weighted by molar-refractivity contribution is -0.141. The third-order valence-corrected chi connectivity index (χ3v) is 6.29. The second-order valence-electron chi connectivity index (χ2n) is 7.09. The van der Waals surface area contributed by atoms with Crippen LogP contribution in [-0.4, -0.2) is 33.4 Å². The van der Waals surface area contributed by atoms with Gasteiger partial charge in [0.05, 0.1) is 24.5 Å². The Morgan fingerprint density at radius 3 is 2.45 bits per heavy atom. The van der Waals surface area contributed by atoms with Crippen molar-refractivity contribution in [2.24, 2.45) is 0 Å². The third kappa shape index (κ3) is 5.42. The lowest BCUT2D eigenvalue weighted by atomic mass is 10.0. The van der Waals surface area contributed by atoms with E-state index < -0.39 is 27.9 Å². The van der Waals surface area contributed by atoms with Crippen molar-refractivity contribution >= 4 is 21.9 Å². The van der Waals surface area contributed by atoms with Gasteiger partial charge in [-0.15, -0.1) is 0 Å². The maximum absolute atomic E-state index is 13.0. The predicted octanol–water partition coefficient (Wildman–Crippen LogP) is 2.47. The highest BCUT2D eigenvalue weighted by molar-refractivity contribution is 7.89. The van der Waals surface area contributed by atoms with E-state index in [1.54, 1.807) is 25.1 Å². The molecule has 154 valence electrons. The monoisotopic (exact) mass is 416 g/mol. The Morgan fingerprint density at radius 2 is 1.83 bits per heavy atom. The standard InChI is InChI=1S/C21H24N2O5S/c1-14-8-11-17(29(26,27)23-16-9-10-16)12-18(14)21(25)22-19(13-20(24)28-2)15-6-4-3-5-7-15/h3-8,11-12,16,19,23H,9-10,13H2,1-2H3,(H,22,25). The van der Waals surface area contributed by atoms with E-state index in [-0.39, 0.29) is 22.9 Å². The van der Waals surface area contributed by atoms with Crippen LogP contribution >= 0.6 is 0 Å². The molecule has 1 amide bonds. The van der Waals surface area contributed by atoms with Crippen LogP contribution in [0.2, 0.25) is 0 Å². The minimum Gasteiger partial charge on any atom is -0.469 e. The topological polar surface area (TPSA) is 102 Å². The summed E-state index contributed by atoms with van der Waals surface area (Å²) in [6, 6.07) is 12.9. The first-order valence-electron chi connectivity index (χ1n) is 9.36. The minimum atomic E-state index is -3.68. The summed E-state index contributed by atoms with van der Waals surface area (Å²) in [4.78, 5) is 24.8. The number of methoxy groups -OCH3 is 1. The molecule has 1 saturated carbocycles. The molecule has 1 aliphatic rings. The molecule has 1 aliphatic carbocycles. The van der Waals surface area contributed by atoms with Gasteiger partial charge in [-0.2, -0.15) is 0 Å². The molecule has 1 unspecified atom stereocenters. The van der Waals surface area contributed by atoms with E-state index in [4.69, 9.17) is 4.74 Å². The lowest BCUT2D eigenvalue weighted by Crippen LogP contribution is -2.31. The normalized spacial score (nSPS) is 14.8. The molecule has 3 rings (SSSR count). The molecule has 8 heteroatoms. The Kier molecular flexibility index (Phi) is 6.34. The smallest absolute Gasteiger partial charge is 0.307 e. The molecule has 0 aromatic heterocycles. The van der Waals surface area contributed by atoms with Crippen LogP contribution in [-0.2, 0) is 19.6 Å². The van der Waals surface area contributed by atoms with Crippen molar-refractivity contribution in [3.63, 3.8) is 0 Å². The van der Waals surface area contributed by atoms with Crippen LogP contribution in [0.3, 0.4) is 0 Å². The zero-order chi connectivity index (χ0) is 21.0. The summed E-state index contributed by atoms with van der Waals surface area (Å²) in [5.41, 5.74) is 1.63. The van der Waals surface area contributed by atoms with E-state index >= 15 is 0 Å². The number of carbonyl (C=O) groups excluding carboxylic acids is 2. The SMILES string of the molecule is COC(=O)CC(NC(=O)c1cc(S(=O)(=O)NC2CC2)ccc1C)c1ccccc1. The molecule has 0 spiro atoms. The Labute approximate surface area is 170 Å². The highest BCUT2D eigenvalue weighted by Gasteiger charge is 2.29. The molecular weight excluding hydrogens is 392 g/mol. The van der Waals surface area contributed by atoms with Gasteiger partial charge < -0.3 is 10.1 Å². The molecule has 0 bridgehead atoms. The Balaban J connectivity index is 1.85. The van der Waals surface area contributed by atoms with E-state index in [2.05, 4.69) is 10.0 Å². The van der Waals surface area contributed by atoms with E-state index in [0.717, 1.165) is 18.4 Å². The Bertz CT molecular complexity index is 1000. The maximum atomic E-state index is 13.0. The number of benzene rings is 2. The number of aryl methyl sites for hydroxylation is 1. The third-order valence-electron chi connectivity index (χ3n) is 4.77. The van der Waals surface area contributed by atoms with Gasteiger partial charge in [0.15, 0.2) is 0 Å². The van der Waals surface area contributed by atoms with Crippen LogP contribution in [0.4, 0.5) is 0 Å². The number of ether oxygens (including phenoxy) is 1. The second kappa shape index (κ2) is 8.75. The summed E-state index contributed by atoms with van der Waals surface area (Å²) < 4.78 is 32.3. The molecule has 29 heavy (non-hydrogen) atoms. The summed E-state index contributed by atoms with van der Waals surface area (Å²) in [7, 11) is -2.39. The van der Waals surface area contributed by atoms with Crippen molar-refractivity contribution in [2.45, 2.75) is 43.2 Å². The van der Waals surface area contributed by atoms with Gasteiger partial charge in [-0.3, -0.25) is 9.59 Å². The Hall–Kier alpha value is -2.71. The molecule has 0 radical (unpaired) electrons. The van der Waals surface area contributed by atoms with Crippen molar-refractivity contribution in [1.82, 2.24) is 10.0 Å². The predicted molar refractivity (Wildman–Crippen MR) is 108 cm³/mol. The van der Waals surface area contributed by atoms with E-state index in [9.17, 15) is 18.0 Å². The molecule has 0 saturated heterocycles. The molecule has 1 fully saturated rings. The number of sulfonamides is 1. The highest BCUT2D eigenvalue weighted by Crippen LogP contribution is 2.24. The van der Waals surface area contributed by atoms with Gasteiger partial charge in [-0.05, 0) is 43.0 Å². The largest absolute Gasteiger partial charge is 0.469 e. The summed E-state index contributed by atoms with van der Waals surface area (Å²) in [6.07, 6.45) is 1.61. The van der Waals surface area contributed by atoms with Gasteiger partial charge in [-0.25, -0.2) is 13.1 Å². The van der Waals surface area contributed by atoms with Crippen molar-refractivity contribution in [3.05, 3.63) is 65.2 Å². The molecule has 7 nitrogen and oxygen atoms in total. The minimum absolute atomic E-state index is 0.0268. The number of carbonyl (C=O) groups is 2. The van der Waals surface area contributed by atoms with Crippen molar-refractivity contribution in [3.8, 4) is 0 Å². The molecule has 0 heterocycles. The lowest BCUT2D eigenvalue weighted by Gasteiger charge is -2.19. The summed E-state index contributed by atoms with van der Waals surface area (Å²) >= 11 is 0. The summed E-state index contributed by atoms with van der Waals surface area (Å²) in [6.45, 7) is 1.73. The quantitative estimate of drug-likeness (QED) is 0.644. The fourth-order valence-electron chi connectivity index (χ4n) is 2.93. The van der Waals surface area contributed by atoms with Crippen LogP contribution < -0.4 is 10.0 Å². The number of hydrogen-bond acceptors (Lipinski definition) is 5. The molecule has 1 atom stereocenters. The number of nitrogens with one attached hydrogen (secondary N) is 2. The molecule has 2 N–H and O–H groups in total. The molecule has 2 aromatic carbocycles. The highest BCUT2D eigenvalue weighted by atomic mass is 32.2. The summed E-state index contributed by atoms with van der Waals surface area (Å²) in [5, 5.41) is 2.83. The maximum Gasteiger partial charge on any atom is 0.307 e. The van der Waals surface area contributed by atoms with Gasteiger partial charge in [-0.1, -0.05) is 36.4 Å². The number of hydrogen-bond donors (Lipinski definition) is 2. The van der Waals surface area contributed by atoms with Crippen molar-refractivity contribution < 1.29 is 22.7 Å². The van der Waals surface area contributed by atoms with Crippen LogP contribution in [0, 0.1) is 6.92 Å². The summed E-state index contributed by atoms with van der Waals surface area (Å²) in [5.74, 6) is -0.912. The van der Waals surface area contributed by atoms with Crippen LogP contribution in [0.15, 0.2) is 53.4 Å². The number of rotatable bonds is 8. The molecule has 0 aliphatic heterocycles. The van der Waals surface area contributed by atoms with Crippen molar-refractivity contribution in [1.29, 1.82) is 0 Å². The number of amides is 1. The molecule has 2 aromatic rings. The second-order valence-corrected chi connectivity index (χ2v) is 8.80. The first-order valence-corrected chi connectivity index (χ1v) is 10.8. The average molecular weight is 416 g/mol.